The third kappa shape index (κ3) is 62.6. The Morgan fingerprint density at radius 1 is 0.310 bits per heavy atom. The number of phosphoric ester groups is 2. The van der Waals surface area contributed by atoms with Crippen LogP contribution in [0.15, 0.2) is 0 Å². The largest absolute Gasteiger partial charge is 0.472 e. The smallest absolute Gasteiger partial charge is 0.462 e. The zero-order chi connectivity index (χ0) is 64.2. The van der Waals surface area contributed by atoms with Crippen molar-refractivity contribution in [1.82, 2.24) is 0 Å². The van der Waals surface area contributed by atoms with Crippen molar-refractivity contribution < 1.29 is 80.2 Å². The topological polar surface area (TPSA) is 237 Å². The molecule has 0 aliphatic carbocycles. The van der Waals surface area contributed by atoms with E-state index in [2.05, 4.69) is 34.6 Å². The van der Waals surface area contributed by atoms with Crippen LogP contribution >= 0.6 is 15.6 Å². The van der Waals surface area contributed by atoms with Gasteiger partial charge in [0.1, 0.15) is 19.3 Å². The van der Waals surface area contributed by atoms with E-state index in [-0.39, 0.29) is 25.7 Å². The molecule has 0 aromatic rings. The lowest BCUT2D eigenvalue weighted by Gasteiger charge is -2.21. The van der Waals surface area contributed by atoms with Crippen molar-refractivity contribution in [2.45, 2.75) is 368 Å². The minimum absolute atomic E-state index is 0.105. The van der Waals surface area contributed by atoms with Crippen molar-refractivity contribution in [3.63, 3.8) is 0 Å². The lowest BCUT2D eigenvalue weighted by atomic mass is 10.0. The first-order valence-electron chi connectivity index (χ1n) is 35.6. The fourth-order valence-corrected chi connectivity index (χ4v) is 11.9. The van der Waals surface area contributed by atoms with Crippen molar-refractivity contribution in [3.05, 3.63) is 0 Å². The summed E-state index contributed by atoms with van der Waals surface area (Å²) in [4.78, 5) is 72.2. The van der Waals surface area contributed by atoms with Gasteiger partial charge in [-0.05, 0) is 31.6 Å². The van der Waals surface area contributed by atoms with E-state index in [0.717, 1.165) is 115 Å². The van der Waals surface area contributed by atoms with Crippen LogP contribution in [0.5, 0.6) is 0 Å². The van der Waals surface area contributed by atoms with Crippen LogP contribution in [0.4, 0.5) is 0 Å². The number of rotatable bonds is 68. The number of aliphatic hydroxyl groups excluding tert-OH is 1. The zero-order valence-electron chi connectivity index (χ0n) is 56.2. The highest BCUT2D eigenvalue weighted by molar-refractivity contribution is 7.47. The lowest BCUT2D eigenvalue weighted by molar-refractivity contribution is -0.161. The van der Waals surface area contributed by atoms with Crippen LogP contribution in [-0.2, 0) is 65.4 Å². The lowest BCUT2D eigenvalue weighted by Crippen LogP contribution is -2.30. The number of unbranched alkanes of at least 4 members (excludes halogenated alkanes) is 40. The van der Waals surface area contributed by atoms with E-state index < -0.39 is 97.5 Å². The third-order valence-corrected chi connectivity index (χ3v) is 17.7. The van der Waals surface area contributed by atoms with Crippen LogP contribution in [0.3, 0.4) is 0 Å². The average Bonchev–Trinajstić information content (AvgIpc) is 3.68. The Labute approximate surface area is 530 Å². The Bertz CT molecular complexity index is 1690. The van der Waals surface area contributed by atoms with Gasteiger partial charge in [0, 0.05) is 25.7 Å². The molecule has 0 aromatic carbocycles. The summed E-state index contributed by atoms with van der Waals surface area (Å²) < 4.78 is 68.0. The SMILES string of the molecule is CCCCCCCCCCCCCCCCCCCC(=O)O[C@H](COC(=O)CCCCCCCCCCCCCCC(C)C)COP(=O)(O)OC[C@@H](O)COP(=O)(O)OC[C@@H](COC(=O)CCCCCCCCC)OC(=O)CCCCCCCCCC. The van der Waals surface area contributed by atoms with Crippen molar-refractivity contribution in [2.75, 3.05) is 39.6 Å². The Kier molecular flexibility index (Phi) is 60.2. The van der Waals surface area contributed by atoms with Crippen LogP contribution in [-0.4, -0.2) is 96.7 Å². The second-order valence-electron chi connectivity index (χ2n) is 25.0. The average molecular weight is 1280 g/mol. The number of hydrogen-bond donors (Lipinski definition) is 3. The molecule has 0 spiro atoms. The van der Waals surface area contributed by atoms with E-state index in [0.29, 0.717) is 25.7 Å². The minimum Gasteiger partial charge on any atom is -0.462 e. The first kappa shape index (κ1) is 85.1. The Hall–Kier alpha value is -1.94. The standard InChI is InChI=1S/C68H132O17P2/c1-6-9-12-15-18-20-21-22-23-24-25-26-31-34-39-44-49-54-68(73)85-64(58-79-66(71)52-47-42-38-33-30-28-27-29-32-36-40-45-50-61(4)5)60-83-87(76,77)81-56-62(69)55-80-86(74,75)82-59-63(57-78-65(70)51-46-41-35-17-14-11-8-3)84-67(72)53-48-43-37-19-16-13-10-7-2/h61-64,69H,6-60H2,1-5H3,(H,74,75)(H,76,77)/t62-,63+,64+/m0/s1. The van der Waals surface area contributed by atoms with E-state index in [9.17, 15) is 43.2 Å². The molecule has 516 valence electrons. The van der Waals surface area contributed by atoms with Crippen LogP contribution < -0.4 is 0 Å². The monoisotopic (exact) mass is 1280 g/mol. The molecule has 3 N–H and O–H groups in total. The third-order valence-electron chi connectivity index (χ3n) is 15.8. The highest BCUT2D eigenvalue weighted by Crippen LogP contribution is 2.45. The predicted molar refractivity (Wildman–Crippen MR) is 349 cm³/mol. The van der Waals surface area contributed by atoms with E-state index >= 15 is 0 Å². The van der Waals surface area contributed by atoms with Gasteiger partial charge in [-0.3, -0.25) is 37.3 Å². The number of carbonyl (C=O) groups excluding carboxylic acids is 4. The molecule has 0 bridgehead atoms. The highest BCUT2D eigenvalue weighted by Gasteiger charge is 2.30. The summed E-state index contributed by atoms with van der Waals surface area (Å²) in [6, 6.07) is 0. The fraction of sp³-hybridized carbons (Fsp3) is 0.941. The molecular weight excluding hydrogens is 1150 g/mol. The van der Waals surface area contributed by atoms with Gasteiger partial charge in [0.25, 0.3) is 0 Å². The molecule has 0 radical (unpaired) electrons. The molecule has 2 unspecified atom stereocenters. The van der Waals surface area contributed by atoms with Gasteiger partial charge >= 0.3 is 39.5 Å². The number of hydrogen-bond acceptors (Lipinski definition) is 15. The molecule has 0 rings (SSSR count). The van der Waals surface area contributed by atoms with Gasteiger partial charge < -0.3 is 33.8 Å². The van der Waals surface area contributed by atoms with Gasteiger partial charge in [0.05, 0.1) is 26.4 Å². The normalized spacial score (nSPS) is 14.1. The molecule has 0 aliphatic heterocycles. The van der Waals surface area contributed by atoms with E-state index in [4.69, 9.17) is 37.0 Å². The van der Waals surface area contributed by atoms with Crippen LogP contribution in [0.25, 0.3) is 0 Å². The second-order valence-corrected chi connectivity index (χ2v) is 27.9. The first-order valence-corrected chi connectivity index (χ1v) is 38.6. The van der Waals surface area contributed by atoms with Crippen LogP contribution in [0.2, 0.25) is 0 Å². The molecule has 17 nitrogen and oxygen atoms in total. The van der Waals surface area contributed by atoms with Gasteiger partial charge in [-0.1, -0.05) is 298 Å². The fourth-order valence-electron chi connectivity index (χ4n) is 10.3. The molecule has 0 fully saturated rings. The first-order chi connectivity index (χ1) is 42.0. The minimum atomic E-state index is -4.95. The van der Waals surface area contributed by atoms with Gasteiger partial charge in [-0.25, -0.2) is 9.13 Å². The van der Waals surface area contributed by atoms with Crippen molar-refractivity contribution in [1.29, 1.82) is 0 Å². The summed E-state index contributed by atoms with van der Waals surface area (Å²) in [7, 11) is -9.89. The van der Waals surface area contributed by atoms with Crippen molar-refractivity contribution in [2.24, 2.45) is 5.92 Å². The molecular formula is C68H132O17P2. The number of aliphatic hydroxyl groups is 1. The number of carbonyl (C=O) groups is 4. The van der Waals surface area contributed by atoms with Gasteiger partial charge in [-0.2, -0.15) is 0 Å². The maximum absolute atomic E-state index is 13.0. The Morgan fingerprint density at radius 3 is 0.782 bits per heavy atom. The van der Waals surface area contributed by atoms with Gasteiger partial charge in [-0.15, -0.1) is 0 Å². The number of ether oxygens (including phenoxy) is 4. The van der Waals surface area contributed by atoms with Gasteiger partial charge in [0.2, 0.25) is 0 Å². The molecule has 0 aromatic heterocycles. The maximum Gasteiger partial charge on any atom is 0.472 e. The summed E-state index contributed by atoms with van der Waals surface area (Å²) in [5.74, 6) is -1.35. The number of esters is 4. The molecule has 0 amide bonds. The highest BCUT2D eigenvalue weighted by atomic mass is 31.2. The summed E-state index contributed by atoms with van der Waals surface area (Å²) in [6.07, 6.45) is 47.4. The maximum atomic E-state index is 13.0. The Morgan fingerprint density at radius 2 is 0.529 bits per heavy atom. The molecule has 0 saturated carbocycles. The zero-order valence-corrected chi connectivity index (χ0v) is 57.9. The molecule has 0 heterocycles. The van der Waals surface area contributed by atoms with E-state index in [1.54, 1.807) is 0 Å². The van der Waals surface area contributed by atoms with Crippen molar-refractivity contribution in [3.8, 4) is 0 Å². The quantitative estimate of drug-likeness (QED) is 0.0222. The van der Waals surface area contributed by atoms with Crippen molar-refractivity contribution >= 4 is 39.5 Å². The summed E-state index contributed by atoms with van der Waals surface area (Å²) >= 11 is 0. The van der Waals surface area contributed by atoms with E-state index in [1.807, 2.05) is 0 Å². The molecule has 5 atom stereocenters. The van der Waals surface area contributed by atoms with E-state index in [1.165, 1.54) is 154 Å². The molecule has 0 aliphatic rings. The Balaban J connectivity index is 5.17. The van der Waals surface area contributed by atoms with Crippen LogP contribution in [0, 0.1) is 5.92 Å². The number of phosphoric acid groups is 2. The molecule has 19 heteroatoms. The summed E-state index contributed by atoms with van der Waals surface area (Å²) in [5, 5.41) is 10.5. The summed E-state index contributed by atoms with van der Waals surface area (Å²) in [6.45, 7) is 7.18. The van der Waals surface area contributed by atoms with Gasteiger partial charge in [0.15, 0.2) is 12.2 Å². The molecule has 87 heavy (non-hydrogen) atoms. The van der Waals surface area contributed by atoms with Crippen LogP contribution in [0.1, 0.15) is 349 Å². The molecule has 0 saturated heterocycles. The summed E-state index contributed by atoms with van der Waals surface area (Å²) in [5.41, 5.74) is 0. The second kappa shape index (κ2) is 61.6. The predicted octanol–water partition coefficient (Wildman–Crippen LogP) is 19.4.